The third kappa shape index (κ3) is 4.34. The summed E-state index contributed by atoms with van der Waals surface area (Å²) >= 11 is 0. The minimum Gasteiger partial charge on any atom is -0.497 e. The van der Waals surface area contributed by atoms with Crippen molar-refractivity contribution in [2.24, 2.45) is 0 Å². The van der Waals surface area contributed by atoms with E-state index < -0.39 is 0 Å². The molecule has 6 heterocycles. The molecule has 0 saturated heterocycles. The number of nitrogens with zero attached hydrogens (tertiary/aromatic N) is 8. The molecular weight excluding hydrogens is 576 g/mol. The van der Waals surface area contributed by atoms with Crippen molar-refractivity contribution in [1.82, 2.24) is 19.9 Å². The van der Waals surface area contributed by atoms with E-state index >= 15 is 0 Å². The zero-order valence-electron chi connectivity index (χ0n) is 25.1. The van der Waals surface area contributed by atoms with E-state index in [1.54, 1.807) is 39.0 Å². The Morgan fingerprint density at radius 2 is 0.739 bits per heavy atom. The van der Waals surface area contributed by atoms with Crippen LogP contribution in [0.25, 0.3) is 0 Å². The Hall–Kier alpha value is -6.42. The van der Waals surface area contributed by atoms with Gasteiger partial charge in [0.25, 0.3) is 0 Å². The van der Waals surface area contributed by atoms with E-state index in [-0.39, 0.29) is 0 Å². The second kappa shape index (κ2) is 11.3. The number of hydrogen-bond acceptors (Lipinski definition) is 10. The zero-order chi connectivity index (χ0) is 31.0. The highest BCUT2D eigenvalue weighted by atomic mass is 16.5. The summed E-state index contributed by atoms with van der Waals surface area (Å²) in [6.07, 6.45) is 14.6. The predicted octanol–water partition coefficient (Wildman–Crippen LogP) is 7.69. The van der Waals surface area contributed by atoms with Crippen LogP contribution >= 0.6 is 0 Å². The highest BCUT2D eigenvalue weighted by Gasteiger charge is 2.45. The quantitative estimate of drug-likeness (QED) is 0.189. The zero-order valence-corrected chi connectivity index (χ0v) is 25.1. The summed E-state index contributed by atoms with van der Waals surface area (Å²) in [5.74, 6) is 3.15. The Bertz CT molecular complexity index is 1900. The monoisotopic (exact) mass is 604 g/mol. The molecule has 10 heteroatoms. The molecule has 4 aromatic heterocycles. The van der Waals surface area contributed by atoms with Gasteiger partial charge in [-0.1, -0.05) is 0 Å². The smallest absolute Gasteiger partial charge is 0.166 e. The van der Waals surface area contributed by atoms with Crippen molar-refractivity contribution in [2.75, 3.05) is 33.8 Å². The largest absolute Gasteiger partial charge is 0.497 e. The molecule has 0 radical (unpaired) electrons. The lowest BCUT2D eigenvalue weighted by atomic mass is 10.2. The number of aromatic nitrogens is 4. The Morgan fingerprint density at radius 1 is 0.413 bits per heavy atom. The van der Waals surface area contributed by atoms with Crippen LogP contribution in [0.5, 0.6) is 11.5 Å². The van der Waals surface area contributed by atoms with Crippen LogP contribution < -0.4 is 29.1 Å². The first-order chi connectivity index (χ1) is 22.8. The van der Waals surface area contributed by atoms with Crippen molar-refractivity contribution in [3.05, 3.63) is 146 Å². The van der Waals surface area contributed by atoms with Gasteiger partial charge < -0.3 is 9.47 Å². The molecule has 0 bridgehead atoms. The average Bonchev–Trinajstić information content (AvgIpc) is 3.65. The first-order valence-electron chi connectivity index (χ1n) is 14.7. The Labute approximate surface area is 266 Å². The SMILES string of the molecule is COc1ccc2c(c1)N(c1cccnc1)/C(=C1\N(c3cccnc3)c3ccc(OC)cc3N1c1cccnc1)N2c1cccnc1. The molecule has 0 spiro atoms. The van der Waals surface area contributed by atoms with E-state index in [0.717, 1.165) is 68.6 Å². The number of pyridine rings is 4. The van der Waals surface area contributed by atoms with Gasteiger partial charge in [-0.25, -0.2) is 0 Å². The van der Waals surface area contributed by atoms with Crippen molar-refractivity contribution in [2.45, 2.75) is 0 Å². The van der Waals surface area contributed by atoms with E-state index in [4.69, 9.17) is 9.47 Å². The Kier molecular flexibility index (Phi) is 6.64. The van der Waals surface area contributed by atoms with Gasteiger partial charge in [0.05, 0.1) is 84.5 Å². The lowest BCUT2D eigenvalue weighted by Gasteiger charge is -2.33. The van der Waals surface area contributed by atoms with E-state index in [1.165, 1.54) is 0 Å². The van der Waals surface area contributed by atoms with E-state index in [9.17, 15) is 0 Å². The van der Waals surface area contributed by atoms with Crippen LogP contribution in [-0.4, -0.2) is 34.2 Å². The molecule has 0 saturated carbocycles. The molecule has 2 aromatic carbocycles. The van der Waals surface area contributed by atoms with Gasteiger partial charge in [0.1, 0.15) is 11.5 Å². The Balaban J connectivity index is 1.54. The molecule has 10 nitrogen and oxygen atoms in total. The number of benzene rings is 2. The van der Waals surface area contributed by atoms with Crippen molar-refractivity contribution >= 4 is 45.5 Å². The van der Waals surface area contributed by atoms with Crippen LogP contribution in [0.1, 0.15) is 0 Å². The number of anilines is 8. The summed E-state index contributed by atoms with van der Waals surface area (Å²) in [5, 5.41) is 0. The number of rotatable bonds is 6. The summed E-state index contributed by atoms with van der Waals surface area (Å²) in [6.45, 7) is 0. The molecule has 0 unspecified atom stereocenters. The van der Waals surface area contributed by atoms with Crippen molar-refractivity contribution in [3.8, 4) is 11.5 Å². The number of hydrogen-bond donors (Lipinski definition) is 0. The van der Waals surface area contributed by atoms with Gasteiger partial charge in [-0.05, 0) is 72.8 Å². The molecule has 0 N–H and O–H groups in total. The van der Waals surface area contributed by atoms with Crippen molar-refractivity contribution < 1.29 is 9.47 Å². The van der Waals surface area contributed by atoms with Gasteiger partial charge in [-0.3, -0.25) is 39.5 Å². The molecule has 0 fully saturated rings. The lowest BCUT2D eigenvalue weighted by Crippen LogP contribution is -2.33. The van der Waals surface area contributed by atoms with E-state index in [2.05, 4.69) is 75.9 Å². The summed E-state index contributed by atoms with van der Waals surface area (Å²) in [6, 6.07) is 28.2. The molecule has 46 heavy (non-hydrogen) atoms. The Morgan fingerprint density at radius 3 is 1.02 bits per heavy atom. The third-order valence-corrected chi connectivity index (χ3v) is 7.99. The van der Waals surface area contributed by atoms with Gasteiger partial charge in [0.2, 0.25) is 0 Å². The molecule has 0 atom stereocenters. The van der Waals surface area contributed by atoms with Crippen LogP contribution in [0.15, 0.2) is 146 Å². The first-order valence-corrected chi connectivity index (χ1v) is 14.7. The van der Waals surface area contributed by atoms with Crippen LogP contribution in [0.2, 0.25) is 0 Å². The van der Waals surface area contributed by atoms with Gasteiger partial charge in [0, 0.05) is 36.9 Å². The fourth-order valence-electron chi connectivity index (χ4n) is 6.04. The predicted molar refractivity (Wildman–Crippen MR) is 179 cm³/mol. The van der Waals surface area contributed by atoms with Gasteiger partial charge in [-0.2, -0.15) is 0 Å². The highest BCUT2D eigenvalue weighted by Crippen LogP contribution is 2.57. The molecule has 0 aliphatic carbocycles. The molecule has 2 aliphatic heterocycles. The minimum atomic E-state index is 0.734. The topological polar surface area (TPSA) is 83.0 Å². The maximum Gasteiger partial charge on any atom is 0.166 e. The van der Waals surface area contributed by atoms with Crippen molar-refractivity contribution in [3.63, 3.8) is 0 Å². The highest BCUT2D eigenvalue weighted by molar-refractivity contribution is 6.00. The fraction of sp³-hybridized carbons (Fsp3) is 0.0556. The number of ether oxygens (including phenoxy) is 2. The minimum absolute atomic E-state index is 0.734. The van der Waals surface area contributed by atoms with Gasteiger partial charge in [0.15, 0.2) is 11.6 Å². The molecule has 6 aromatic rings. The van der Waals surface area contributed by atoms with Crippen LogP contribution in [0.3, 0.4) is 0 Å². The number of methoxy groups -OCH3 is 2. The standard InChI is InChI=1S/C36H28N8O2/c1-45-29-11-13-31-33(19-29)43(27-9-5-17-39-23-27)35(41(31)25-7-3-15-37-21-25)36-42(26-8-4-16-38-22-26)32-14-12-30(46-2)20-34(32)44(36)28-10-6-18-40-24-28/h3-24H,1-2H3/b36-35+. The summed E-state index contributed by atoms with van der Waals surface area (Å²) < 4.78 is 11.5. The number of fused-ring (bicyclic) bond motifs is 2. The van der Waals surface area contributed by atoms with Crippen LogP contribution in [0.4, 0.5) is 45.5 Å². The fourth-order valence-corrected chi connectivity index (χ4v) is 6.04. The third-order valence-electron chi connectivity index (χ3n) is 7.99. The van der Waals surface area contributed by atoms with Crippen molar-refractivity contribution in [1.29, 1.82) is 0 Å². The second-order valence-corrected chi connectivity index (χ2v) is 10.5. The average molecular weight is 605 g/mol. The van der Waals surface area contributed by atoms with Crippen LogP contribution in [-0.2, 0) is 0 Å². The molecule has 224 valence electrons. The molecule has 8 rings (SSSR count). The molecular formula is C36H28N8O2. The summed E-state index contributed by atoms with van der Waals surface area (Å²) in [7, 11) is 3.36. The maximum atomic E-state index is 5.74. The first kappa shape index (κ1) is 27.2. The maximum absolute atomic E-state index is 5.74. The summed E-state index contributed by atoms with van der Waals surface area (Å²) in [4.78, 5) is 27.0. The lowest BCUT2D eigenvalue weighted by molar-refractivity contribution is 0.415. The van der Waals surface area contributed by atoms with Gasteiger partial charge in [-0.15, -0.1) is 0 Å². The van der Waals surface area contributed by atoms with E-state index in [1.807, 2.05) is 73.3 Å². The van der Waals surface area contributed by atoms with Gasteiger partial charge >= 0.3 is 0 Å². The normalized spacial score (nSPS) is 15.2. The molecule has 0 amide bonds. The second-order valence-electron chi connectivity index (χ2n) is 10.5. The molecule has 2 aliphatic rings. The summed E-state index contributed by atoms with van der Waals surface area (Å²) in [5.41, 5.74) is 7.25. The van der Waals surface area contributed by atoms with E-state index in [0.29, 0.717) is 0 Å². The van der Waals surface area contributed by atoms with Crippen LogP contribution in [0, 0.1) is 0 Å².